The van der Waals surface area contributed by atoms with Gasteiger partial charge in [-0.25, -0.2) is 4.98 Å². The number of anilines is 1. The van der Waals surface area contributed by atoms with E-state index in [9.17, 15) is 4.79 Å². The maximum Gasteiger partial charge on any atom is 0.255 e. The van der Waals surface area contributed by atoms with Crippen molar-refractivity contribution in [3.8, 4) is 0 Å². The van der Waals surface area contributed by atoms with Crippen LogP contribution in [0.2, 0.25) is 0 Å². The molecule has 1 aliphatic carbocycles. The molecular weight excluding hydrogens is 326 g/mol. The van der Waals surface area contributed by atoms with Crippen molar-refractivity contribution in [2.75, 3.05) is 31.2 Å². The Morgan fingerprint density at radius 1 is 1.27 bits per heavy atom. The molecule has 0 bridgehead atoms. The van der Waals surface area contributed by atoms with Gasteiger partial charge in [-0.1, -0.05) is 27.2 Å². The fraction of sp³-hybridized carbons (Fsp3) is 0.714. The molecule has 1 saturated heterocycles. The summed E-state index contributed by atoms with van der Waals surface area (Å²) in [5, 5.41) is 3.27. The molecule has 2 heterocycles. The Morgan fingerprint density at radius 3 is 2.62 bits per heavy atom. The van der Waals surface area contributed by atoms with E-state index in [2.05, 4.69) is 36.0 Å². The Labute approximate surface area is 157 Å². The quantitative estimate of drug-likeness (QED) is 0.872. The van der Waals surface area contributed by atoms with Crippen molar-refractivity contribution in [3.05, 3.63) is 23.9 Å². The molecule has 5 nitrogen and oxygen atoms in total. The van der Waals surface area contributed by atoms with Gasteiger partial charge in [-0.3, -0.25) is 4.79 Å². The van der Waals surface area contributed by atoms with Gasteiger partial charge in [0.05, 0.1) is 18.8 Å². The molecule has 1 aliphatic heterocycles. The highest BCUT2D eigenvalue weighted by molar-refractivity contribution is 5.99. The van der Waals surface area contributed by atoms with Crippen LogP contribution in [-0.2, 0) is 4.74 Å². The molecule has 1 aromatic heterocycles. The molecule has 2 fully saturated rings. The molecule has 144 valence electrons. The number of amides is 1. The van der Waals surface area contributed by atoms with E-state index in [0.29, 0.717) is 24.2 Å². The number of nitrogens with zero attached hydrogens (tertiary/aromatic N) is 2. The zero-order valence-electron chi connectivity index (χ0n) is 16.5. The zero-order chi connectivity index (χ0) is 18.6. The van der Waals surface area contributed by atoms with Crippen molar-refractivity contribution in [2.24, 2.45) is 11.3 Å². The van der Waals surface area contributed by atoms with Gasteiger partial charge in [-0.2, -0.15) is 0 Å². The average molecular weight is 360 g/mol. The lowest BCUT2D eigenvalue weighted by atomic mass is 9.69. The van der Waals surface area contributed by atoms with E-state index in [0.717, 1.165) is 37.7 Å². The van der Waals surface area contributed by atoms with Crippen LogP contribution >= 0.6 is 0 Å². The predicted molar refractivity (Wildman–Crippen MR) is 105 cm³/mol. The van der Waals surface area contributed by atoms with Gasteiger partial charge in [0.2, 0.25) is 0 Å². The third kappa shape index (κ3) is 4.37. The summed E-state index contributed by atoms with van der Waals surface area (Å²) >= 11 is 0. The second kappa shape index (κ2) is 8.38. The van der Waals surface area contributed by atoms with E-state index in [1.54, 1.807) is 6.20 Å². The van der Waals surface area contributed by atoms with Crippen LogP contribution < -0.4 is 10.2 Å². The summed E-state index contributed by atoms with van der Waals surface area (Å²) in [4.78, 5) is 19.5. The number of aromatic nitrogens is 1. The van der Waals surface area contributed by atoms with Crippen LogP contribution in [0, 0.1) is 11.3 Å². The summed E-state index contributed by atoms with van der Waals surface area (Å²) in [6, 6.07) is 4.02. The minimum Gasteiger partial charge on any atom is -0.378 e. The molecule has 0 spiro atoms. The van der Waals surface area contributed by atoms with E-state index >= 15 is 0 Å². The van der Waals surface area contributed by atoms with Gasteiger partial charge in [-0.15, -0.1) is 0 Å². The summed E-state index contributed by atoms with van der Waals surface area (Å²) in [5.74, 6) is 1.56. The van der Waals surface area contributed by atoms with Crippen molar-refractivity contribution in [2.45, 2.75) is 58.9 Å². The Kier molecular flexibility index (Phi) is 6.17. The largest absolute Gasteiger partial charge is 0.378 e. The second-order valence-electron chi connectivity index (χ2n) is 8.34. The summed E-state index contributed by atoms with van der Waals surface area (Å²) < 4.78 is 5.42. The maximum absolute atomic E-state index is 12.9. The highest BCUT2D eigenvalue weighted by atomic mass is 16.5. The van der Waals surface area contributed by atoms with Gasteiger partial charge in [-0.05, 0) is 49.1 Å². The van der Waals surface area contributed by atoms with Crippen LogP contribution in [0.5, 0.6) is 0 Å². The predicted octanol–water partition coefficient (Wildman–Crippen LogP) is 3.64. The van der Waals surface area contributed by atoms with Crippen LogP contribution in [0.15, 0.2) is 18.3 Å². The first-order valence-electron chi connectivity index (χ1n) is 10.1. The monoisotopic (exact) mass is 359 g/mol. The summed E-state index contributed by atoms with van der Waals surface area (Å²) in [6.45, 7) is 9.98. The van der Waals surface area contributed by atoms with Gasteiger partial charge in [0.1, 0.15) is 5.82 Å². The van der Waals surface area contributed by atoms with Gasteiger partial charge >= 0.3 is 0 Å². The summed E-state index contributed by atoms with van der Waals surface area (Å²) in [6.07, 6.45) is 7.54. The van der Waals surface area contributed by atoms with E-state index in [-0.39, 0.29) is 11.9 Å². The Balaban J connectivity index is 1.61. The molecule has 0 radical (unpaired) electrons. The lowest BCUT2D eigenvalue weighted by Gasteiger charge is -2.39. The van der Waals surface area contributed by atoms with Crippen molar-refractivity contribution >= 4 is 11.7 Å². The van der Waals surface area contributed by atoms with Crippen molar-refractivity contribution < 1.29 is 9.53 Å². The number of morpholine rings is 1. The Bertz CT molecular complexity index is 603. The van der Waals surface area contributed by atoms with Gasteiger partial charge in [0, 0.05) is 25.3 Å². The third-order valence-electron chi connectivity index (χ3n) is 6.42. The van der Waals surface area contributed by atoms with Crippen LogP contribution in [0.4, 0.5) is 5.82 Å². The van der Waals surface area contributed by atoms with E-state index in [1.165, 1.54) is 19.3 Å². The van der Waals surface area contributed by atoms with Gasteiger partial charge in [0.15, 0.2) is 0 Å². The molecule has 26 heavy (non-hydrogen) atoms. The second-order valence-corrected chi connectivity index (χ2v) is 8.34. The number of carbonyl (C=O) groups excluding carboxylic acids is 1. The number of nitrogens with one attached hydrogen (secondary N) is 1. The minimum absolute atomic E-state index is 0.0118. The third-order valence-corrected chi connectivity index (χ3v) is 6.42. The first kappa shape index (κ1) is 19.2. The number of hydrogen-bond acceptors (Lipinski definition) is 4. The van der Waals surface area contributed by atoms with E-state index in [4.69, 9.17) is 4.74 Å². The SMILES string of the molecule is CCC(C)(C)C1CCC(NC(=O)c2cccnc2N2CCOCC2)CC1. The smallest absolute Gasteiger partial charge is 0.255 e. The van der Waals surface area contributed by atoms with E-state index in [1.807, 2.05) is 12.1 Å². The van der Waals surface area contributed by atoms with Crippen LogP contribution in [0.3, 0.4) is 0 Å². The van der Waals surface area contributed by atoms with Crippen LogP contribution in [0.1, 0.15) is 63.2 Å². The fourth-order valence-corrected chi connectivity index (χ4v) is 4.17. The number of pyridine rings is 1. The standard InChI is InChI=1S/C21H33N3O2/c1-4-21(2,3)16-7-9-17(10-8-16)23-20(25)18-6-5-11-22-19(18)24-12-14-26-15-13-24/h5-6,11,16-17H,4,7-10,12-15H2,1-3H3,(H,23,25). The molecule has 1 saturated carbocycles. The molecular formula is C21H33N3O2. The molecule has 3 rings (SSSR count). The van der Waals surface area contributed by atoms with Crippen molar-refractivity contribution in [1.29, 1.82) is 0 Å². The highest BCUT2D eigenvalue weighted by Crippen LogP contribution is 2.40. The summed E-state index contributed by atoms with van der Waals surface area (Å²) in [7, 11) is 0. The Morgan fingerprint density at radius 2 is 1.96 bits per heavy atom. The lowest BCUT2D eigenvalue weighted by molar-refractivity contribution is 0.0891. The molecule has 2 aliphatic rings. The molecule has 1 amide bonds. The zero-order valence-corrected chi connectivity index (χ0v) is 16.5. The lowest BCUT2D eigenvalue weighted by Crippen LogP contribution is -2.42. The number of hydrogen-bond donors (Lipinski definition) is 1. The molecule has 5 heteroatoms. The topological polar surface area (TPSA) is 54.5 Å². The number of carbonyl (C=O) groups is 1. The highest BCUT2D eigenvalue weighted by Gasteiger charge is 2.32. The molecule has 0 aromatic carbocycles. The number of rotatable bonds is 5. The van der Waals surface area contributed by atoms with Crippen molar-refractivity contribution in [3.63, 3.8) is 0 Å². The normalized spacial score (nSPS) is 24.3. The van der Waals surface area contributed by atoms with Crippen LogP contribution in [-0.4, -0.2) is 43.2 Å². The fourth-order valence-electron chi connectivity index (χ4n) is 4.17. The molecule has 0 unspecified atom stereocenters. The molecule has 1 N–H and O–H groups in total. The molecule has 1 aromatic rings. The maximum atomic E-state index is 12.9. The first-order valence-corrected chi connectivity index (χ1v) is 10.1. The summed E-state index contributed by atoms with van der Waals surface area (Å²) in [5.41, 5.74) is 1.09. The van der Waals surface area contributed by atoms with Gasteiger partial charge < -0.3 is 15.0 Å². The Hall–Kier alpha value is -1.62. The minimum atomic E-state index is 0.0118. The van der Waals surface area contributed by atoms with Crippen LogP contribution in [0.25, 0.3) is 0 Å². The van der Waals surface area contributed by atoms with Crippen molar-refractivity contribution in [1.82, 2.24) is 10.3 Å². The van der Waals surface area contributed by atoms with Gasteiger partial charge in [0.25, 0.3) is 5.91 Å². The van der Waals surface area contributed by atoms with E-state index < -0.39 is 0 Å². The first-order chi connectivity index (χ1) is 12.5. The molecule has 0 atom stereocenters. The number of ether oxygens (including phenoxy) is 1. The average Bonchev–Trinajstić information content (AvgIpc) is 2.69.